The van der Waals surface area contributed by atoms with E-state index in [2.05, 4.69) is 6.58 Å². The summed E-state index contributed by atoms with van der Waals surface area (Å²) in [4.78, 5) is 15.0. The highest BCUT2D eigenvalue weighted by atomic mass is 32.2. The first-order valence-electron chi connectivity index (χ1n) is 8.99. The quantitative estimate of drug-likeness (QED) is 0.621. The molecule has 6 nitrogen and oxygen atoms in total. The van der Waals surface area contributed by atoms with Crippen LogP contribution >= 0.6 is 0 Å². The minimum absolute atomic E-state index is 0.0889. The lowest BCUT2D eigenvalue weighted by Gasteiger charge is -2.27. The number of hydrogen-bond acceptors (Lipinski definition) is 3. The highest BCUT2D eigenvalue weighted by Crippen LogP contribution is 2.29. The molecule has 0 bridgehead atoms. The lowest BCUT2D eigenvalue weighted by atomic mass is 10.3. The van der Waals surface area contributed by atoms with Crippen molar-refractivity contribution in [2.24, 2.45) is 7.05 Å². The Balaban J connectivity index is 1.79. The van der Waals surface area contributed by atoms with E-state index in [9.17, 15) is 13.2 Å². The van der Waals surface area contributed by atoms with E-state index in [1.165, 1.54) is 10.4 Å². The molecule has 0 unspecified atom stereocenters. The molecule has 1 aromatic heterocycles. The van der Waals surface area contributed by atoms with E-state index < -0.39 is 10.0 Å². The van der Waals surface area contributed by atoms with Gasteiger partial charge in [-0.3, -0.25) is 4.79 Å². The predicted molar refractivity (Wildman–Crippen MR) is 104 cm³/mol. The fourth-order valence-corrected chi connectivity index (χ4v) is 4.40. The third-order valence-electron chi connectivity index (χ3n) is 4.72. The van der Waals surface area contributed by atoms with Crippen molar-refractivity contribution in [2.45, 2.75) is 30.3 Å². The van der Waals surface area contributed by atoms with Gasteiger partial charge in [-0.15, -0.1) is 6.58 Å². The molecule has 27 heavy (non-hydrogen) atoms. The summed E-state index contributed by atoms with van der Waals surface area (Å²) >= 11 is 0. The maximum Gasteiger partial charge on any atom is 0.243 e. The van der Waals surface area contributed by atoms with Gasteiger partial charge in [-0.05, 0) is 37.1 Å². The van der Waals surface area contributed by atoms with Crippen LogP contribution in [0.15, 0.2) is 66.2 Å². The van der Waals surface area contributed by atoms with Gasteiger partial charge in [0.1, 0.15) is 0 Å². The molecule has 144 valence electrons. The first-order valence-corrected chi connectivity index (χ1v) is 10.4. The Hall–Kier alpha value is -2.38. The predicted octanol–water partition coefficient (Wildman–Crippen LogP) is 2.39. The zero-order valence-electron chi connectivity index (χ0n) is 15.5. The number of aromatic nitrogens is 1. The average molecular weight is 388 g/mol. The van der Waals surface area contributed by atoms with Gasteiger partial charge in [0, 0.05) is 31.5 Å². The summed E-state index contributed by atoms with van der Waals surface area (Å²) in [6.07, 6.45) is 5.37. The number of amides is 1. The van der Waals surface area contributed by atoms with Crippen molar-refractivity contribution in [3.63, 3.8) is 0 Å². The van der Waals surface area contributed by atoms with Gasteiger partial charge in [-0.25, -0.2) is 8.42 Å². The second-order valence-electron chi connectivity index (χ2n) is 6.76. The minimum Gasteiger partial charge on any atom is -0.353 e. The van der Waals surface area contributed by atoms with Gasteiger partial charge < -0.3 is 9.47 Å². The van der Waals surface area contributed by atoms with Crippen molar-refractivity contribution in [3.8, 4) is 0 Å². The SMILES string of the molecule is C=CCN(CC(=O)N(Cc1cccn1C)C1CC1)S(=O)(=O)c1ccccc1. The fourth-order valence-electron chi connectivity index (χ4n) is 3.02. The summed E-state index contributed by atoms with van der Waals surface area (Å²) in [5, 5.41) is 0. The number of hydrogen-bond donors (Lipinski definition) is 0. The maximum atomic E-state index is 13.0. The first-order chi connectivity index (χ1) is 12.9. The second-order valence-corrected chi connectivity index (χ2v) is 8.70. The lowest BCUT2D eigenvalue weighted by Crippen LogP contribution is -2.43. The Bertz CT molecular complexity index is 902. The number of benzene rings is 1. The number of nitrogens with zero attached hydrogens (tertiary/aromatic N) is 3. The number of sulfonamides is 1. The average Bonchev–Trinajstić information content (AvgIpc) is 3.42. The summed E-state index contributed by atoms with van der Waals surface area (Å²) in [6, 6.07) is 12.3. The van der Waals surface area contributed by atoms with E-state index in [0.29, 0.717) is 6.54 Å². The van der Waals surface area contributed by atoms with E-state index in [-0.39, 0.29) is 29.9 Å². The van der Waals surface area contributed by atoms with Crippen LogP contribution < -0.4 is 0 Å². The highest BCUT2D eigenvalue weighted by molar-refractivity contribution is 7.89. The van der Waals surface area contributed by atoms with Crippen LogP contribution in [0.25, 0.3) is 0 Å². The standard InChI is InChI=1S/C20H25N3O3S/c1-3-13-22(27(25,26)19-9-5-4-6-10-19)16-20(24)23(17-11-12-17)15-18-8-7-14-21(18)2/h3-10,14,17H,1,11-13,15-16H2,2H3. The molecule has 2 aromatic rings. The van der Waals surface area contributed by atoms with Crippen molar-refractivity contribution in [3.05, 3.63) is 67.0 Å². The minimum atomic E-state index is -3.76. The molecule has 1 aliphatic carbocycles. The second kappa shape index (κ2) is 8.10. The fraction of sp³-hybridized carbons (Fsp3) is 0.350. The van der Waals surface area contributed by atoms with Gasteiger partial charge in [0.15, 0.2) is 0 Å². The smallest absolute Gasteiger partial charge is 0.243 e. The summed E-state index contributed by atoms with van der Waals surface area (Å²) in [7, 11) is -1.82. The Morgan fingerprint density at radius 2 is 1.93 bits per heavy atom. The number of carbonyl (C=O) groups is 1. The molecular formula is C20H25N3O3S. The van der Waals surface area contributed by atoms with Crippen LogP contribution in [0.5, 0.6) is 0 Å². The molecule has 1 fully saturated rings. The molecule has 0 atom stereocenters. The molecule has 0 N–H and O–H groups in total. The van der Waals surface area contributed by atoms with E-state index in [4.69, 9.17) is 0 Å². The molecule has 3 rings (SSSR count). The van der Waals surface area contributed by atoms with E-state index >= 15 is 0 Å². The molecule has 1 heterocycles. The highest BCUT2D eigenvalue weighted by Gasteiger charge is 2.35. The number of carbonyl (C=O) groups excluding carboxylic acids is 1. The zero-order valence-corrected chi connectivity index (χ0v) is 16.3. The number of rotatable bonds is 9. The van der Waals surface area contributed by atoms with Gasteiger partial charge in [0.2, 0.25) is 15.9 Å². The van der Waals surface area contributed by atoms with Gasteiger partial charge >= 0.3 is 0 Å². The topological polar surface area (TPSA) is 62.6 Å². The Labute approximate surface area is 160 Å². The molecule has 7 heteroatoms. The number of aryl methyl sites for hydroxylation is 1. The van der Waals surface area contributed by atoms with E-state index in [1.54, 1.807) is 35.2 Å². The van der Waals surface area contributed by atoms with Crippen molar-refractivity contribution in [2.75, 3.05) is 13.1 Å². The van der Waals surface area contributed by atoms with Gasteiger partial charge in [0.25, 0.3) is 0 Å². The third-order valence-corrected chi connectivity index (χ3v) is 6.54. The molecule has 0 aliphatic heterocycles. The lowest BCUT2D eigenvalue weighted by molar-refractivity contribution is -0.132. The van der Waals surface area contributed by atoms with Crippen molar-refractivity contribution < 1.29 is 13.2 Å². The van der Waals surface area contributed by atoms with Gasteiger partial charge in [-0.1, -0.05) is 24.3 Å². The summed E-state index contributed by atoms with van der Waals surface area (Å²) in [5.74, 6) is -0.181. The van der Waals surface area contributed by atoms with Gasteiger partial charge in [0.05, 0.1) is 18.0 Å². The van der Waals surface area contributed by atoms with Crippen molar-refractivity contribution in [1.29, 1.82) is 0 Å². The first kappa shape index (κ1) is 19.4. The summed E-state index contributed by atoms with van der Waals surface area (Å²) < 4.78 is 29.1. The van der Waals surface area contributed by atoms with Crippen LogP contribution in [0.2, 0.25) is 0 Å². The molecule has 0 saturated heterocycles. The molecule has 1 aliphatic rings. The molecule has 1 aromatic carbocycles. The maximum absolute atomic E-state index is 13.0. The van der Waals surface area contributed by atoms with Crippen LogP contribution in [-0.2, 0) is 28.4 Å². The Morgan fingerprint density at radius 3 is 2.48 bits per heavy atom. The normalized spacial score (nSPS) is 14.3. The third kappa shape index (κ3) is 4.48. The van der Waals surface area contributed by atoms with E-state index in [1.807, 2.05) is 29.9 Å². The van der Waals surface area contributed by atoms with Gasteiger partial charge in [-0.2, -0.15) is 4.31 Å². The van der Waals surface area contributed by atoms with Crippen LogP contribution in [0.1, 0.15) is 18.5 Å². The van der Waals surface area contributed by atoms with Crippen LogP contribution in [0, 0.1) is 0 Å². The Morgan fingerprint density at radius 1 is 1.22 bits per heavy atom. The molecule has 0 spiro atoms. The van der Waals surface area contributed by atoms with Crippen LogP contribution in [0.3, 0.4) is 0 Å². The Kier molecular flexibility index (Phi) is 5.82. The largest absolute Gasteiger partial charge is 0.353 e. The van der Waals surface area contributed by atoms with Crippen molar-refractivity contribution >= 4 is 15.9 Å². The van der Waals surface area contributed by atoms with Crippen LogP contribution in [-0.4, -0.2) is 47.2 Å². The van der Waals surface area contributed by atoms with Crippen LogP contribution in [0.4, 0.5) is 0 Å². The molecule has 1 saturated carbocycles. The molecule has 1 amide bonds. The molecule has 0 radical (unpaired) electrons. The van der Waals surface area contributed by atoms with E-state index in [0.717, 1.165) is 18.5 Å². The van der Waals surface area contributed by atoms with Crippen molar-refractivity contribution in [1.82, 2.24) is 13.8 Å². The monoisotopic (exact) mass is 387 g/mol. The summed E-state index contributed by atoms with van der Waals surface area (Å²) in [6.45, 7) is 4.03. The summed E-state index contributed by atoms with van der Waals surface area (Å²) in [5.41, 5.74) is 1.02. The molecular weight excluding hydrogens is 362 g/mol. The zero-order chi connectivity index (χ0) is 19.4.